The first-order valence-electron chi connectivity index (χ1n) is 6.96. The molecule has 1 atom stereocenters. The first-order chi connectivity index (χ1) is 11.4. The summed E-state index contributed by atoms with van der Waals surface area (Å²) in [5.41, 5.74) is -0.109. The highest BCUT2D eigenvalue weighted by molar-refractivity contribution is 5.96. The maximum atomic E-state index is 12.4. The topological polar surface area (TPSA) is 56.8 Å². The van der Waals surface area contributed by atoms with Crippen LogP contribution in [-0.4, -0.2) is 25.0 Å². The van der Waals surface area contributed by atoms with Gasteiger partial charge in [-0.1, -0.05) is 24.3 Å². The summed E-state index contributed by atoms with van der Waals surface area (Å²) in [6, 6.07) is 12.1. The standard InChI is InChI=1S/C16H12F3NO4/c17-16(18,19)24-11-6-2-1-5-10(11)20-15(21)14-9-22-12-7-3-4-8-13(12)23-14/h1-8,14H,9H2,(H,20,21). The fourth-order valence-electron chi connectivity index (χ4n) is 2.15. The van der Waals surface area contributed by atoms with Crippen LogP contribution in [0, 0.1) is 0 Å². The Morgan fingerprint density at radius 3 is 2.50 bits per heavy atom. The molecular formula is C16H12F3NO4. The second-order valence-corrected chi connectivity index (χ2v) is 4.90. The van der Waals surface area contributed by atoms with Crippen LogP contribution in [0.25, 0.3) is 0 Å². The Labute approximate surface area is 134 Å². The minimum atomic E-state index is -4.86. The van der Waals surface area contributed by atoms with Gasteiger partial charge in [0.2, 0.25) is 6.10 Å². The molecule has 0 fully saturated rings. The van der Waals surface area contributed by atoms with E-state index in [4.69, 9.17) is 9.47 Å². The molecule has 0 radical (unpaired) electrons. The van der Waals surface area contributed by atoms with Crippen molar-refractivity contribution < 1.29 is 32.2 Å². The zero-order valence-electron chi connectivity index (χ0n) is 12.2. The molecule has 2 aromatic rings. The molecule has 126 valence electrons. The van der Waals surface area contributed by atoms with Gasteiger partial charge >= 0.3 is 6.36 Å². The molecule has 0 spiro atoms. The van der Waals surface area contributed by atoms with Crippen LogP contribution in [0.4, 0.5) is 18.9 Å². The van der Waals surface area contributed by atoms with Crippen LogP contribution in [0.1, 0.15) is 0 Å². The SMILES string of the molecule is O=C(Nc1ccccc1OC(F)(F)F)C1COc2ccccc2O1. The van der Waals surface area contributed by atoms with Crippen molar-refractivity contribution in [2.75, 3.05) is 11.9 Å². The van der Waals surface area contributed by atoms with E-state index in [1.54, 1.807) is 24.3 Å². The summed E-state index contributed by atoms with van der Waals surface area (Å²) in [6.07, 6.45) is -5.84. The molecular weight excluding hydrogens is 327 g/mol. The Hall–Kier alpha value is -2.90. The van der Waals surface area contributed by atoms with E-state index in [2.05, 4.69) is 10.1 Å². The van der Waals surface area contributed by atoms with E-state index in [1.165, 1.54) is 18.2 Å². The third-order valence-electron chi connectivity index (χ3n) is 3.17. The van der Waals surface area contributed by atoms with Gasteiger partial charge in [0.15, 0.2) is 17.2 Å². The lowest BCUT2D eigenvalue weighted by molar-refractivity contribution is -0.274. The number of hydrogen-bond acceptors (Lipinski definition) is 4. The molecule has 8 heteroatoms. The number of alkyl halides is 3. The summed E-state index contributed by atoms with van der Waals surface area (Å²) in [7, 11) is 0. The molecule has 1 aliphatic heterocycles. The first kappa shape index (κ1) is 16.0. The fraction of sp³-hybridized carbons (Fsp3) is 0.188. The fourth-order valence-corrected chi connectivity index (χ4v) is 2.15. The Morgan fingerprint density at radius 1 is 1.08 bits per heavy atom. The Bertz CT molecular complexity index is 748. The minimum Gasteiger partial charge on any atom is -0.485 e. The van der Waals surface area contributed by atoms with Crippen LogP contribution in [0.2, 0.25) is 0 Å². The molecule has 0 aromatic heterocycles. The summed E-state index contributed by atoms with van der Waals surface area (Å²) in [5.74, 6) is -0.246. The van der Waals surface area contributed by atoms with Crippen LogP contribution in [0.15, 0.2) is 48.5 Å². The third-order valence-corrected chi connectivity index (χ3v) is 3.17. The van der Waals surface area contributed by atoms with Crippen molar-refractivity contribution in [3.63, 3.8) is 0 Å². The van der Waals surface area contributed by atoms with Crippen molar-refractivity contribution in [3.8, 4) is 17.2 Å². The van der Waals surface area contributed by atoms with Crippen molar-refractivity contribution in [1.82, 2.24) is 0 Å². The Kier molecular flexibility index (Phi) is 4.20. The molecule has 24 heavy (non-hydrogen) atoms. The van der Waals surface area contributed by atoms with Crippen molar-refractivity contribution in [1.29, 1.82) is 0 Å². The van der Waals surface area contributed by atoms with E-state index in [1.807, 2.05) is 0 Å². The molecule has 1 amide bonds. The maximum Gasteiger partial charge on any atom is 0.573 e. The summed E-state index contributed by atoms with van der Waals surface area (Å²) in [5, 5.41) is 2.36. The second-order valence-electron chi connectivity index (χ2n) is 4.90. The number of fused-ring (bicyclic) bond motifs is 1. The average molecular weight is 339 g/mol. The quantitative estimate of drug-likeness (QED) is 0.932. The van der Waals surface area contributed by atoms with Crippen LogP contribution >= 0.6 is 0 Å². The van der Waals surface area contributed by atoms with Crippen molar-refractivity contribution in [2.24, 2.45) is 0 Å². The van der Waals surface area contributed by atoms with E-state index in [0.29, 0.717) is 11.5 Å². The lowest BCUT2D eigenvalue weighted by Gasteiger charge is -2.25. The highest BCUT2D eigenvalue weighted by atomic mass is 19.4. The van der Waals surface area contributed by atoms with Crippen LogP contribution < -0.4 is 19.5 Å². The predicted molar refractivity (Wildman–Crippen MR) is 78.1 cm³/mol. The van der Waals surface area contributed by atoms with Gasteiger partial charge in [0.1, 0.15) is 6.61 Å². The number of carbonyl (C=O) groups excluding carboxylic acids is 1. The number of anilines is 1. The second kappa shape index (κ2) is 6.31. The molecule has 5 nitrogen and oxygen atoms in total. The van der Waals surface area contributed by atoms with Gasteiger partial charge in [0, 0.05) is 0 Å². The Balaban J connectivity index is 1.72. The van der Waals surface area contributed by atoms with Crippen LogP contribution in [0.3, 0.4) is 0 Å². The zero-order valence-corrected chi connectivity index (χ0v) is 12.2. The summed E-state index contributed by atoms with van der Waals surface area (Å²) in [6.45, 7) is -0.0505. The molecule has 3 rings (SSSR count). The van der Waals surface area contributed by atoms with Gasteiger partial charge in [-0.15, -0.1) is 13.2 Å². The maximum absolute atomic E-state index is 12.4. The predicted octanol–water partition coefficient (Wildman–Crippen LogP) is 3.36. The van der Waals surface area contributed by atoms with Crippen molar-refractivity contribution in [2.45, 2.75) is 12.5 Å². The number of para-hydroxylation sites is 4. The van der Waals surface area contributed by atoms with Gasteiger partial charge in [-0.3, -0.25) is 4.79 Å². The van der Waals surface area contributed by atoms with Gasteiger partial charge in [-0.25, -0.2) is 0 Å². The number of nitrogens with one attached hydrogen (secondary N) is 1. The normalized spacial score (nSPS) is 16.4. The lowest BCUT2D eigenvalue weighted by Crippen LogP contribution is -2.40. The summed E-state index contributed by atoms with van der Waals surface area (Å²) >= 11 is 0. The third kappa shape index (κ3) is 3.70. The van der Waals surface area contributed by atoms with E-state index >= 15 is 0 Å². The van der Waals surface area contributed by atoms with E-state index in [9.17, 15) is 18.0 Å². The zero-order chi connectivity index (χ0) is 17.2. The molecule has 0 saturated heterocycles. The van der Waals surface area contributed by atoms with Crippen molar-refractivity contribution in [3.05, 3.63) is 48.5 Å². The van der Waals surface area contributed by atoms with Gasteiger partial charge in [-0.05, 0) is 24.3 Å². The number of rotatable bonds is 3. The lowest BCUT2D eigenvalue weighted by atomic mass is 10.2. The van der Waals surface area contributed by atoms with E-state index < -0.39 is 24.1 Å². The molecule has 1 unspecified atom stereocenters. The number of carbonyl (C=O) groups is 1. The number of hydrogen-bond donors (Lipinski definition) is 1. The molecule has 1 aliphatic rings. The number of ether oxygens (including phenoxy) is 3. The van der Waals surface area contributed by atoms with E-state index in [-0.39, 0.29) is 12.3 Å². The smallest absolute Gasteiger partial charge is 0.485 e. The van der Waals surface area contributed by atoms with Crippen molar-refractivity contribution >= 4 is 11.6 Å². The highest BCUT2D eigenvalue weighted by Crippen LogP contribution is 2.33. The summed E-state index contributed by atoms with van der Waals surface area (Å²) in [4.78, 5) is 12.2. The van der Waals surface area contributed by atoms with Crippen LogP contribution in [0.5, 0.6) is 17.2 Å². The van der Waals surface area contributed by atoms with Gasteiger partial charge in [0.25, 0.3) is 5.91 Å². The Morgan fingerprint density at radius 2 is 1.75 bits per heavy atom. The number of halogens is 3. The molecule has 1 N–H and O–H groups in total. The highest BCUT2D eigenvalue weighted by Gasteiger charge is 2.33. The van der Waals surface area contributed by atoms with E-state index in [0.717, 1.165) is 6.07 Å². The largest absolute Gasteiger partial charge is 0.573 e. The van der Waals surface area contributed by atoms with Crippen LogP contribution in [-0.2, 0) is 4.79 Å². The number of benzene rings is 2. The van der Waals surface area contributed by atoms with Gasteiger partial charge in [-0.2, -0.15) is 0 Å². The molecule has 1 heterocycles. The summed E-state index contributed by atoms with van der Waals surface area (Å²) < 4.78 is 52.0. The molecule has 0 aliphatic carbocycles. The number of amides is 1. The molecule has 0 saturated carbocycles. The average Bonchev–Trinajstić information content (AvgIpc) is 2.55. The van der Waals surface area contributed by atoms with Gasteiger partial charge < -0.3 is 19.5 Å². The first-order valence-corrected chi connectivity index (χ1v) is 6.96. The minimum absolute atomic E-state index is 0.0505. The monoisotopic (exact) mass is 339 g/mol. The van der Waals surface area contributed by atoms with Gasteiger partial charge in [0.05, 0.1) is 5.69 Å². The molecule has 0 bridgehead atoms. The molecule has 2 aromatic carbocycles.